The molecule has 0 saturated heterocycles. The molecule has 0 spiro atoms. The van der Waals surface area contributed by atoms with E-state index in [0.29, 0.717) is 11.3 Å². The van der Waals surface area contributed by atoms with Crippen LogP contribution in [0.4, 0.5) is 0 Å². The Bertz CT molecular complexity index is 448. The van der Waals surface area contributed by atoms with E-state index >= 15 is 0 Å². The highest BCUT2D eigenvalue weighted by Gasteiger charge is 2.08. The Balaban J connectivity index is 2.95. The van der Waals surface area contributed by atoms with E-state index in [0.717, 1.165) is 0 Å². The number of carbonyl (C=O) groups excluding carboxylic acids is 1. The van der Waals surface area contributed by atoms with Gasteiger partial charge in [0.2, 0.25) is 5.91 Å². The molecular formula is C12H13NO4. The van der Waals surface area contributed by atoms with Crippen LogP contribution in [0.15, 0.2) is 30.0 Å². The number of ether oxygens (including phenoxy) is 1. The van der Waals surface area contributed by atoms with E-state index in [4.69, 9.17) is 9.84 Å². The number of amides is 1. The van der Waals surface area contributed by atoms with Crippen LogP contribution in [-0.2, 0) is 9.59 Å². The Labute approximate surface area is 98.7 Å². The van der Waals surface area contributed by atoms with Crippen LogP contribution in [0, 0.1) is 0 Å². The molecule has 17 heavy (non-hydrogen) atoms. The van der Waals surface area contributed by atoms with Gasteiger partial charge in [-0.3, -0.25) is 4.79 Å². The summed E-state index contributed by atoms with van der Waals surface area (Å²) in [5.41, 5.74) is 0.500. The molecule has 0 bridgehead atoms. The maximum atomic E-state index is 10.9. The molecule has 1 aromatic rings. The molecule has 0 radical (unpaired) electrons. The number of aliphatic carboxylic acids is 1. The quantitative estimate of drug-likeness (QED) is 0.770. The van der Waals surface area contributed by atoms with E-state index < -0.39 is 11.9 Å². The first-order valence-electron chi connectivity index (χ1n) is 4.89. The Hall–Kier alpha value is -2.30. The van der Waals surface area contributed by atoms with Crippen molar-refractivity contribution in [3.05, 3.63) is 35.5 Å². The third kappa shape index (κ3) is 3.98. The van der Waals surface area contributed by atoms with Gasteiger partial charge in [0, 0.05) is 6.92 Å². The molecule has 0 unspecified atom stereocenters. The summed E-state index contributed by atoms with van der Waals surface area (Å²) in [4.78, 5) is 21.7. The molecule has 0 saturated carbocycles. The summed E-state index contributed by atoms with van der Waals surface area (Å²) < 4.78 is 4.98. The number of carbonyl (C=O) groups is 2. The zero-order chi connectivity index (χ0) is 12.8. The van der Waals surface area contributed by atoms with Crippen molar-refractivity contribution in [2.24, 2.45) is 0 Å². The largest absolute Gasteiger partial charge is 0.497 e. The molecule has 5 nitrogen and oxygen atoms in total. The van der Waals surface area contributed by atoms with Crippen LogP contribution in [0.25, 0.3) is 6.08 Å². The Morgan fingerprint density at radius 3 is 2.29 bits per heavy atom. The zero-order valence-electron chi connectivity index (χ0n) is 9.56. The van der Waals surface area contributed by atoms with Crippen molar-refractivity contribution in [1.29, 1.82) is 0 Å². The summed E-state index contributed by atoms with van der Waals surface area (Å²) in [6, 6.07) is 6.81. The summed E-state index contributed by atoms with van der Waals surface area (Å²) in [5, 5.41) is 11.1. The van der Waals surface area contributed by atoms with Gasteiger partial charge >= 0.3 is 5.97 Å². The van der Waals surface area contributed by atoms with Gasteiger partial charge in [0.25, 0.3) is 0 Å². The van der Waals surface area contributed by atoms with Crippen LogP contribution in [0.3, 0.4) is 0 Å². The van der Waals surface area contributed by atoms with Crippen molar-refractivity contribution in [2.75, 3.05) is 7.11 Å². The van der Waals surface area contributed by atoms with Gasteiger partial charge in [-0.2, -0.15) is 0 Å². The predicted molar refractivity (Wildman–Crippen MR) is 62.4 cm³/mol. The van der Waals surface area contributed by atoms with Gasteiger partial charge in [-0.15, -0.1) is 0 Å². The lowest BCUT2D eigenvalue weighted by Crippen LogP contribution is -2.24. The van der Waals surface area contributed by atoms with Crippen molar-refractivity contribution in [3.8, 4) is 5.75 Å². The summed E-state index contributed by atoms with van der Waals surface area (Å²) in [5.74, 6) is -0.929. The highest BCUT2D eigenvalue weighted by molar-refractivity contribution is 5.96. The number of carboxylic acid groups (broad SMARTS) is 1. The van der Waals surface area contributed by atoms with Gasteiger partial charge in [-0.05, 0) is 23.8 Å². The molecule has 0 aliphatic rings. The van der Waals surface area contributed by atoms with Crippen LogP contribution in [0.5, 0.6) is 5.75 Å². The summed E-state index contributed by atoms with van der Waals surface area (Å²) >= 11 is 0. The predicted octanol–water partition coefficient (Wildman–Crippen LogP) is 1.26. The molecule has 1 rings (SSSR count). The van der Waals surface area contributed by atoms with Crippen LogP contribution in [0.2, 0.25) is 0 Å². The monoisotopic (exact) mass is 235 g/mol. The number of hydrogen-bond donors (Lipinski definition) is 2. The second-order valence-electron chi connectivity index (χ2n) is 3.32. The number of methoxy groups -OCH3 is 1. The maximum absolute atomic E-state index is 10.9. The van der Waals surface area contributed by atoms with Gasteiger partial charge in [0.1, 0.15) is 11.4 Å². The van der Waals surface area contributed by atoms with Crippen molar-refractivity contribution in [2.45, 2.75) is 6.92 Å². The lowest BCUT2D eigenvalue weighted by atomic mass is 10.2. The second-order valence-corrected chi connectivity index (χ2v) is 3.32. The highest BCUT2D eigenvalue weighted by atomic mass is 16.5. The molecule has 0 heterocycles. The molecule has 0 fully saturated rings. The summed E-state index contributed by atoms with van der Waals surface area (Å²) in [7, 11) is 1.55. The fraction of sp³-hybridized carbons (Fsp3) is 0.167. The first kappa shape index (κ1) is 12.8. The Kier molecular flexibility index (Phi) is 4.28. The molecule has 0 atom stereocenters. The van der Waals surface area contributed by atoms with Gasteiger partial charge in [0.15, 0.2) is 0 Å². The van der Waals surface area contributed by atoms with Crippen LogP contribution >= 0.6 is 0 Å². The van der Waals surface area contributed by atoms with Crippen molar-refractivity contribution >= 4 is 18.0 Å². The minimum Gasteiger partial charge on any atom is -0.497 e. The number of hydrogen-bond acceptors (Lipinski definition) is 3. The van der Waals surface area contributed by atoms with Gasteiger partial charge in [0.05, 0.1) is 7.11 Å². The Morgan fingerprint density at radius 2 is 1.88 bits per heavy atom. The van der Waals surface area contributed by atoms with Crippen LogP contribution in [0.1, 0.15) is 12.5 Å². The van der Waals surface area contributed by atoms with E-state index in [1.165, 1.54) is 13.0 Å². The highest BCUT2D eigenvalue weighted by Crippen LogP contribution is 2.13. The van der Waals surface area contributed by atoms with Gasteiger partial charge in [-0.1, -0.05) is 12.1 Å². The van der Waals surface area contributed by atoms with Gasteiger partial charge in [-0.25, -0.2) is 4.79 Å². The van der Waals surface area contributed by atoms with Gasteiger partial charge < -0.3 is 15.2 Å². The third-order valence-corrected chi connectivity index (χ3v) is 1.97. The molecule has 2 N–H and O–H groups in total. The summed E-state index contributed by atoms with van der Waals surface area (Å²) in [6.07, 6.45) is 1.38. The topological polar surface area (TPSA) is 75.6 Å². The number of nitrogens with one attached hydrogen (secondary N) is 1. The van der Waals surface area contributed by atoms with Crippen molar-refractivity contribution < 1.29 is 19.4 Å². The normalized spacial score (nSPS) is 10.8. The number of rotatable bonds is 4. The first-order valence-corrected chi connectivity index (χ1v) is 4.89. The van der Waals surface area contributed by atoms with E-state index in [-0.39, 0.29) is 5.70 Å². The van der Waals surface area contributed by atoms with E-state index in [2.05, 4.69) is 5.32 Å². The average Bonchev–Trinajstić information content (AvgIpc) is 2.28. The lowest BCUT2D eigenvalue weighted by Gasteiger charge is -2.03. The Morgan fingerprint density at radius 1 is 1.29 bits per heavy atom. The molecule has 5 heteroatoms. The molecule has 1 amide bonds. The minimum atomic E-state index is -1.18. The summed E-state index contributed by atoms with van der Waals surface area (Å²) in [6.45, 7) is 1.25. The van der Waals surface area contributed by atoms with Crippen LogP contribution in [-0.4, -0.2) is 24.1 Å². The second kappa shape index (κ2) is 5.69. The molecular weight excluding hydrogens is 222 g/mol. The average molecular weight is 235 g/mol. The molecule has 1 aromatic carbocycles. The van der Waals surface area contributed by atoms with E-state index in [1.807, 2.05) is 0 Å². The molecule has 0 aliphatic heterocycles. The van der Waals surface area contributed by atoms with E-state index in [9.17, 15) is 9.59 Å². The fourth-order valence-corrected chi connectivity index (χ4v) is 1.21. The standard InChI is InChI=1S/C12H13NO4/c1-8(14)13-11(12(15)16)7-9-3-5-10(17-2)6-4-9/h3-7H,1-2H3,(H,13,14)(H,15,16). The fourth-order valence-electron chi connectivity index (χ4n) is 1.21. The SMILES string of the molecule is COc1ccc(C=C(NC(C)=O)C(=O)O)cc1. The third-order valence-electron chi connectivity index (χ3n) is 1.97. The van der Waals surface area contributed by atoms with Crippen molar-refractivity contribution in [1.82, 2.24) is 5.32 Å². The number of benzene rings is 1. The zero-order valence-corrected chi connectivity index (χ0v) is 9.56. The number of carboxylic acids is 1. The minimum absolute atomic E-state index is 0.164. The van der Waals surface area contributed by atoms with Crippen LogP contribution < -0.4 is 10.1 Å². The molecule has 0 aliphatic carbocycles. The smallest absolute Gasteiger partial charge is 0.352 e. The molecule has 90 valence electrons. The lowest BCUT2D eigenvalue weighted by molar-refractivity contribution is -0.134. The molecule has 0 aromatic heterocycles. The van der Waals surface area contributed by atoms with E-state index in [1.54, 1.807) is 31.4 Å². The van der Waals surface area contributed by atoms with Crippen molar-refractivity contribution in [3.63, 3.8) is 0 Å². The first-order chi connectivity index (χ1) is 8.02. The maximum Gasteiger partial charge on any atom is 0.352 e.